The molecule has 3 aliphatic rings. The van der Waals surface area contributed by atoms with Gasteiger partial charge in [-0.15, -0.1) is 0 Å². The van der Waals surface area contributed by atoms with Crippen LogP contribution in [0.1, 0.15) is 36.4 Å². The Morgan fingerprint density at radius 1 is 1.20 bits per heavy atom. The number of carbonyl (C=O) groups is 1. The second kappa shape index (κ2) is 7.88. The number of carbonyl (C=O) groups excluding carboxylic acids is 1. The van der Waals surface area contributed by atoms with Gasteiger partial charge in [-0.05, 0) is 61.2 Å². The molecule has 158 valence electrons. The average molecular weight is 427 g/mol. The molecule has 0 aromatic heterocycles. The normalized spacial score (nSPS) is 28.1. The molecule has 3 aliphatic heterocycles. The molecule has 1 amide bonds. The van der Waals surface area contributed by atoms with E-state index in [1.807, 2.05) is 41.3 Å². The van der Waals surface area contributed by atoms with Crippen molar-refractivity contribution in [3.63, 3.8) is 0 Å². The Balaban J connectivity index is 1.38. The molecule has 3 heterocycles. The largest absolute Gasteiger partial charge is 0.491 e. The second-order valence-corrected chi connectivity index (χ2v) is 9.07. The molecule has 0 bridgehead atoms. The zero-order valence-electron chi connectivity index (χ0n) is 17.0. The van der Waals surface area contributed by atoms with Gasteiger partial charge in [0.2, 0.25) is 5.91 Å². The molecule has 3 saturated heterocycles. The van der Waals surface area contributed by atoms with E-state index in [2.05, 4.69) is 17.0 Å². The van der Waals surface area contributed by atoms with E-state index in [9.17, 15) is 4.79 Å². The number of nitrogens with zero attached hydrogens (tertiary/aromatic N) is 2. The van der Waals surface area contributed by atoms with Crippen molar-refractivity contribution in [3.8, 4) is 5.75 Å². The summed E-state index contributed by atoms with van der Waals surface area (Å²) >= 11 is 6.15. The number of benzene rings is 2. The summed E-state index contributed by atoms with van der Waals surface area (Å²) in [5.41, 5.74) is 1.93. The average Bonchev–Trinajstić information content (AvgIpc) is 3.37. The van der Waals surface area contributed by atoms with Gasteiger partial charge in [-0.1, -0.05) is 35.9 Å². The van der Waals surface area contributed by atoms with Gasteiger partial charge < -0.3 is 14.7 Å². The SMILES string of the molecule is O=C1N(Cc2cccc(Cl)c2)C[C@@H]2C[C@@H](c3cccc(OCCO)c3)N3CCC[C@@]123. The van der Waals surface area contributed by atoms with E-state index in [0.29, 0.717) is 24.1 Å². The fourth-order valence-corrected chi connectivity index (χ4v) is 6.08. The number of rotatable bonds is 6. The molecule has 3 atom stereocenters. The molecule has 0 radical (unpaired) electrons. The number of ether oxygens (including phenoxy) is 1. The van der Waals surface area contributed by atoms with Crippen LogP contribution < -0.4 is 4.74 Å². The third-order valence-corrected chi connectivity index (χ3v) is 7.23. The van der Waals surface area contributed by atoms with Crippen LogP contribution in [0.15, 0.2) is 48.5 Å². The van der Waals surface area contributed by atoms with Crippen molar-refractivity contribution in [3.05, 3.63) is 64.7 Å². The molecule has 0 aliphatic carbocycles. The maximum absolute atomic E-state index is 13.7. The summed E-state index contributed by atoms with van der Waals surface area (Å²) < 4.78 is 5.62. The Morgan fingerprint density at radius 2 is 2.07 bits per heavy atom. The summed E-state index contributed by atoms with van der Waals surface area (Å²) in [6.45, 7) is 2.68. The molecule has 1 N–H and O–H groups in total. The number of aliphatic hydroxyl groups excluding tert-OH is 1. The molecule has 2 aromatic carbocycles. The second-order valence-electron chi connectivity index (χ2n) is 8.63. The summed E-state index contributed by atoms with van der Waals surface area (Å²) in [5, 5.41) is 9.74. The molecule has 0 saturated carbocycles. The maximum Gasteiger partial charge on any atom is 0.243 e. The van der Waals surface area contributed by atoms with E-state index in [4.69, 9.17) is 21.4 Å². The van der Waals surface area contributed by atoms with Crippen molar-refractivity contribution >= 4 is 17.5 Å². The van der Waals surface area contributed by atoms with Gasteiger partial charge in [0.05, 0.1) is 6.61 Å². The molecular formula is C24H27ClN2O3. The number of likely N-dealkylation sites (tertiary alicyclic amines) is 1. The first kappa shape index (κ1) is 19.9. The highest BCUT2D eigenvalue weighted by Gasteiger charge is 2.65. The van der Waals surface area contributed by atoms with Crippen LogP contribution in [-0.4, -0.2) is 52.7 Å². The molecule has 1 spiro atoms. The Bertz CT molecular complexity index is 952. The zero-order valence-corrected chi connectivity index (χ0v) is 17.7. The van der Waals surface area contributed by atoms with Gasteiger partial charge in [0.1, 0.15) is 17.9 Å². The maximum atomic E-state index is 13.7. The van der Waals surface area contributed by atoms with Gasteiger partial charge >= 0.3 is 0 Å². The van der Waals surface area contributed by atoms with Gasteiger partial charge in [-0.3, -0.25) is 9.69 Å². The van der Waals surface area contributed by atoms with Crippen LogP contribution >= 0.6 is 11.6 Å². The number of amides is 1. The minimum atomic E-state index is -0.356. The predicted molar refractivity (Wildman–Crippen MR) is 115 cm³/mol. The van der Waals surface area contributed by atoms with E-state index >= 15 is 0 Å². The Labute approximate surface area is 182 Å². The van der Waals surface area contributed by atoms with Crippen molar-refractivity contribution in [2.24, 2.45) is 5.92 Å². The first-order chi connectivity index (χ1) is 14.6. The van der Waals surface area contributed by atoms with E-state index in [1.165, 1.54) is 5.56 Å². The number of halogens is 1. The minimum absolute atomic E-state index is 0.00191. The Kier molecular flexibility index (Phi) is 5.21. The minimum Gasteiger partial charge on any atom is -0.491 e. The van der Waals surface area contributed by atoms with Gasteiger partial charge in [-0.25, -0.2) is 0 Å². The lowest BCUT2D eigenvalue weighted by molar-refractivity contribution is -0.137. The van der Waals surface area contributed by atoms with Crippen LogP contribution in [0.25, 0.3) is 0 Å². The number of hydrogen-bond acceptors (Lipinski definition) is 4. The first-order valence-corrected chi connectivity index (χ1v) is 11.1. The highest BCUT2D eigenvalue weighted by Crippen LogP contribution is 2.56. The molecule has 5 nitrogen and oxygen atoms in total. The molecule has 30 heavy (non-hydrogen) atoms. The zero-order chi connectivity index (χ0) is 20.7. The monoisotopic (exact) mass is 426 g/mol. The Hall–Kier alpha value is -2.08. The van der Waals surface area contributed by atoms with Crippen LogP contribution in [0.5, 0.6) is 5.75 Å². The van der Waals surface area contributed by atoms with Gasteiger partial charge in [0, 0.05) is 30.1 Å². The summed E-state index contributed by atoms with van der Waals surface area (Å²) in [4.78, 5) is 18.2. The standard InChI is InChI=1S/C24H27ClN2O3/c25-20-6-1-4-17(12-20)15-26-16-19-14-22(27-9-3-8-24(19,27)23(26)29)18-5-2-7-21(13-18)30-11-10-28/h1-2,4-7,12-13,19,22,28H,3,8-11,14-16H2/t19-,22-,24-/m0/s1. The quantitative estimate of drug-likeness (QED) is 0.766. The lowest BCUT2D eigenvalue weighted by Gasteiger charge is -2.33. The molecular weight excluding hydrogens is 400 g/mol. The fraction of sp³-hybridized carbons (Fsp3) is 0.458. The van der Waals surface area contributed by atoms with Crippen LogP contribution in [0.3, 0.4) is 0 Å². The molecule has 6 heteroatoms. The Morgan fingerprint density at radius 3 is 2.90 bits per heavy atom. The lowest BCUT2D eigenvalue weighted by atomic mass is 9.85. The predicted octanol–water partition coefficient (Wildman–Crippen LogP) is 3.65. The summed E-state index contributed by atoms with van der Waals surface area (Å²) in [7, 11) is 0. The van der Waals surface area contributed by atoms with Crippen molar-refractivity contribution in [2.45, 2.75) is 37.4 Å². The van der Waals surface area contributed by atoms with Crippen molar-refractivity contribution in [2.75, 3.05) is 26.3 Å². The van der Waals surface area contributed by atoms with E-state index < -0.39 is 0 Å². The summed E-state index contributed by atoms with van der Waals surface area (Å²) in [6.07, 6.45) is 2.99. The highest BCUT2D eigenvalue weighted by molar-refractivity contribution is 6.30. The van der Waals surface area contributed by atoms with Gasteiger partial charge in [0.25, 0.3) is 0 Å². The summed E-state index contributed by atoms with van der Waals surface area (Å²) in [5.74, 6) is 1.40. The third kappa shape index (κ3) is 3.20. The molecule has 0 unspecified atom stereocenters. The number of aliphatic hydroxyl groups is 1. The van der Waals surface area contributed by atoms with E-state index in [-0.39, 0.29) is 24.1 Å². The van der Waals surface area contributed by atoms with E-state index in [1.54, 1.807) is 0 Å². The lowest BCUT2D eigenvalue weighted by Crippen LogP contribution is -2.49. The van der Waals surface area contributed by atoms with Crippen LogP contribution in [-0.2, 0) is 11.3 Å². The van der Waals surface area contributed by atoms with E-state index in [0.717, 1.165) is 43.7 Å². The van der Waals surface area contributed by atoms with Crippen molar-refractivity contribution in [1.82, 2.24) is 9.80 Å². The molecule has 5 rings (SSSR count). The highest BCUT2D eigenvalue weighted by atomic mass is 35.5. The molecule has 3 fully saturated rings. The fourth-order valence-electron chi connectivity index (χ4n) is 5.86. The molecule has 2 aromatic rings. The smallest absolute Gasteiger partial charge is 0.243 e. The number of hydrogen-bond donors (Lipinski definition) is 1. The first-order valence-electron chi connectivity index (χ1n) is 10.8. The van der Waals surface area contributed by atoms with Crippen molar-refractivity contribution < 1.29 is 14.6 Å². The van der Waals surface area contributed by atoms with Gasteiger partial charge in [0.15, 0.2) is 0 Å². The summed E-state index contributed by atoms with van der Waals surface area (Å²) in [6, 6.07) is 16.2. The van der Waals surface area contributed by atoms with Crippen LogP contribution in [0.4, 0.5) is 0 Å². The van der Waals surface area contributed by atoms with Crippen molar-refractivity contribution in [1.29, 1.82) is 0 Å². The van der Waals surface area contributed by atoms with Crippen LogP contribution in [0.2, 0.25) is 5.02 Å². The third-order valence-electron chi connectivity index (χ3n) is 6.99. The topological polar surface area (TPSA) is 53.0 Å². The van der Waals surface area contributed by atoms with Crippen LogP contribution in [0, 0.1) is 5.92 Å². The van der Waals surface area contributed by atoms with Gasteiger partial charge in [-0.2, -0.15) is 0 Å².